The molecule has 0 aliphatic heterocycles. The number of phosphoric acid groups is 1. The molecule has 0 aromatic heterocycles. The molecule has 2 N–H and O–H groups in total. The first-order valence-corrected chi connectivity index (χ1v) is 34.2. The van der Waals surface area contributed by atoms with E-state index in [2.05, 4.69) is 99.0 Å². The molecule has 0 rings (SSSR count). The summed E-state index contributed by atoms with van der Waals surface area (Å²) in [5, 5.41) is 3.03. The third-order valence-corrected chi connectivity index (χ3v) is 14.7. The molecule has 0 bridgehead atoms. The van der Waals surface area contributed by atoms with E-state index in [1.165, 1.54) is 96.3 Å². The van der Waals surface area contributed by atoms with Crippen molar-refractivity contribution in [2.45, 2.75) is 258 Å². The van der Waals surface area contributed by atoms with Gasteiger partial charge in [-0.3, -0.25) is 18.6 Å². The molecule has 466 valence electrons. The largest absolute Gasteiger partial charge is 0.472 e. The summed E-state index contributed by atoms with van der Waals surface area (Å²) in [7, 11) is 1.44. The van der Waals surface area contributed by atoms with Crippen molar-refractivity contribution in [3.8, 4) is 0 Å². The molecular weight excluding hydrogens is 1040 g/mol. The van der Waals surface area contributed by atoms with Crippen LogP contribution in [0.4, 0.5) is 0 Å². The maximum Gasteiger partial charge on any atom is 0.472 e. The van der Waals surface area contributed by atoms with Crippen molar-refractivity contribution in [3.63, 3.8) is 0 Å². The molecule has 3 unspecified atom stereocenters. The summed E-state index contributed by atoms with van der Waals surface area (Å²) in [6.45, 7) is 6.70. The molecular formula is C72H122N2O7P+. The third-order valence-electron chi connectivity index (χ3n) is 13.7. The van der Waals surface area contributed by atoms with Crippen molar-refractivity contribution < 1.29 is 37.3 Å². The highest BCUT2D eigenvalue weighted by atomic mass is 31.2. The van der Waals surface area contributed by atoms with Crippen LogP contribution in [0.25, 0.3) is 0 Å². The highest BCUT2D eigenvalue weighted by molar-refractivity contribution is 7.47. The van der Waals surface area contributed by atoms with Crippen molar-refractivity contribution in [1.29, 1.82) is 0 Å². The summed E-state index contributed by atoms with van der Waals surface area (Å²) < 4.78 is 30.7. The van der Waals surface area contributed by atoms with Gasteiger partial charge in [0.05, 0.1) is 33.8 Å². The summed E-state index contributed by atoms with van der Waals surface area (Å²) >= 11 is 0. The van der Waals surface area contributed by atoms with Crippen molar-refractivity contribution >= 4 is 19.7 Å². The van der Waals surface area contributed by atoms with E-state index in [0.29, 0.717) is 17.4 Å². The number of nitrogens with one attached hydrogen (secondary N) is 1. The number of phosphoric ester groups is 1. The highest BCUT2D eigenvalue weighted by Gasteiger charge is 2.30. The first-order chi connectivity index (χ1) is 39.9. The van der Waals surface area contributed by atoms with Crippen molar-refractivity contribution in [1.82, 2.24) is 5.32 Å². The molecule has 0 saturated carbocycles. The standard InChI is InChI=1S/C72H121N2O7P/c1-7-10-13-16-19-22-25-28-30-32-33-34-35-36-37-38-39-40-41-43-45-47-50-53-56-59-62-65-72(76)81-70(63-60-57-54-51-48-27-24-21-18-15-12-9-3)69(68-80-82(77,78)79-67-66-74(4,5)6)73-71(75)64-61-58-55-52-49-46-44-42-31-29-26-23-20-17-14-11-8-2/h10-11,13-14,17,19-20,22-23,26,28-31,33-34,36-37,42,44,46,49,60,63,69-70H,7-9,12,15-16,18,21,24-25,27,32,35,38-41,43,45,47-48,50-59,61-62,64-68H2,1-6H3,(H-,73,75,77,78)/p+1/b13-10-,14-11-,20-17+,22-19-,26-23+,30-28-,31-29-,34-33-,37-36-,44-42+,49-46+,63-60-. The average molecular weight is 1160 g/mol. The van der Waals surface area contributed by atoms with Gasteiger partial charge in [0.25, 0.3) is 0 Å². The number of allylic oxidation sites excluding steroid dienone is 23. The zero-order valence-electron chi connectivity index (χ0n) is 53.2. The van der Waals surface area contributed by atoms with E-state index in [-0.39, 0.29) is 37.9 Å². The van der Waals surface area contributed by atoms with E-state index in [9.17, 15) is 19.0 Å². The predicted molar refractivity (Wildman–Crippen MR) is 355 cm³/mol. The summed E-state index contributed by atoms with van der Waals surface area (Å²) in [6, 6.07) is -0.884. The Balaban J connectivity index is 5.19. The van der Waals surface area contributed by atoms with Gasteiger partial charge in [-0.05, 0) is 96.0 Å². The zero-order valence-corrected chi connectivity index (χ0v) is 54.1. The molecule has 0 fully saturated rings. The summed E-state index contributed by atoms with van der Waals surface area (Å²) in [4.78, 5) is 37.8. The molecule has 0 aromatic rings. The number of carbonyl (C=O) groups excluding carboxylic acids is 2. The summed E-state index contributed by atoms with van der Waals surface area (Å²) in [5.41, 5.74) is 0. The Kier molecular flexibility index (Phi) is 57.0. The van der Waals surface area contributed by atoms with Crippen LogP contribution in [-0.2, 0) is 27.9 Å². The van der Waals surface area contributed by atoms with E-state index in [0.717, 1.165) is 109 Å². The van der Waals surface area contributed by atoms with E-state index >= 15 is 0 Å². The highest BCUT2D eigenvalue weighted by Crippen LogP contribution is 2.43. The Morgan fingerprint density at radius 2 is 0.841 bits per heavy atom. The minimum absolute atomic E-state index is 0.0225. The predicted octanol–water partition coefficient (Wildman–Crippen LogP) is 20.6. The van der Waals surface area contributed by atoms with Crippen molar-refractivity contribution in [2.24, 2.45) is 0 Å². The van der Waals surface area contributed by atoms with Crippen LogP contribution >= 0.6 is 7.82 Å². The van der Waals surface area contributed by atoms with Gasteiger partial charge in [-0.1, -0.05) is 283 Å². The smallest absolute Gasteiger partial charge is 0.456 e. The minimum Gasteiger partial charge on any atom is -0.456 e. The molecule has 10 heteroatoms. The second-order valence-electron chi connectivity index (χ2n) is 22.7. The molecule has 9 nitrogen and oxygen atoms in total. The Morgan fingerprint density at radius 3 is 1.33 bits per heavy atom. The molecule has 0 aliphatic carbocycles. The SMILES string of the molecule is CC\C=C/C=C/C=C/C=C\C=C\C=C\CCCCCC(=O)NC(COP(=O)(O)OCC[N+](C)(C)C)C(/C=C\CCCCCCCCCCCC)OC(=O)CCCCCCCCCCCCC/C=C\C/C=C\C/C=C\C/C=C\C/C=C\CC. The average Bonchev–Trinajstić information content (AvgIpc) is 3.44. The molecule has 0 saturated heterocycles. The van der Waals surface area contributed by atoms with Crippen molar-refractivity contribution in [3.05, 3.63) is 146 Å². The lowest BCUT2D eigenvalue weighted by Gasteiger charge is -2.27. The zero-order chi connectivity index (χ0) is 60.0. The molecule has 3 atom stereocenters. The number of amides is 1. The van der Waals surface area contributed by atoms with Gasteiger partial charge in [0.15, 0.2) is 0 Å². The van der Waals surface area contributed by atoms with Crippen LogP contribution in [0.5, 0.6) is 0 Å². The third kappa shape index (κ3) is 60.5. The summed E-state index contributed by atoms with van der Waals surface area (Å²) in [5.74, 6) is -0.569. The second kappa shape index (κ2) is 60.0. The number of quaternary nitrogens is 1. The van der Waals surface area contributed by atoms with Crippen LogP contribution in [0.3, 0.4) is 0 Å². The van der Waals surface area contributed by atoms with Crippen LogP contribution in [0.15, 0.2) is 146 Å². The van der Waals surface area contributed by atoms with Gasteiger partial charge >= 0.3 is 13.8 Å². The Hall–Kier alpha value is -4.11. The number of nitrogens with zero attached hydrogens (tertiary/aromatic N) is 1. The quantitative estimate of drug-likeness (QED) is 0.0156. The van der Waals surface area contributed by atoms with Gasteiger partial charge in [-0.2, -0.15) is 0 Å². The lowest BCUT2D eigenvalue weighted by molar-refractivity contribution is -0.870. The fourth-order valence-corrected chi connectivity index (χ4v) is 9.44. The topological polar surface area (TPSA) is 111 Å². The number of ether oxygens (including phenoxy) is 1. The van der Waals surface area contributed by atoms with Gasteiger partial charge in [0.1, 0.15) is 19.3 Å². The number of unbranched alkanes of at least 4 members (excludes halogenated alkanes) is 24. The number of hydrogen-bond donors (Lipinski definition) is 2. The molecule has 0 heterocycles. The van der Waals surface area contributed by atoms with Gasteiger partial charge < -0.3 is 19.4 Å². The first kappa shape index (κ1) is 77.9. The van der Waals surface area contributed by atoms with E-state index in [1.54, 1.807) is 0 Å². The molecule has 0 aliphatic rings. The number of hydrogen-bond acceptors (Lipinski definition) is 6. The number of rotatable bonds is 57. The van der Waals surface area contributed by atoms with Crippen molar-refractivity contribution in [2.75, 3.05) is 40.9 Å². The van der Waals surface area contributed by atoms with Crippen LogP contribution in [-0.4, -0.2) is 74.3 Å². The number of esters is 1. The van der Waals surface area contributed by atoms with Gasteiger partial charge in [-0.25, -0.2) is 4.57 Å². The fourth-order valence-electron chi connectivity index (χ4n) is 8.70. The number of likely N-dealkylation sites (N-methyl/N-ethyl adjacent to an activating group) is 1. The Morgan fingerprint density at radius 1 is 0.451 bits per heavy atom. The summed E-state index contributed by atoms with van der Waals surface area (Å²) in [6.07, 6.45) is 87.1. The maximum absolute atomic E-state index is 13.5. The van der Waals surface area contributed by atoms with Crippen LogP contribution < -0.4 is 5.32 Å². The van der Waals surface area contributed by atoms with Crippen LogP contribution in [0, 0.1) is 0 Å². The Bertz CT molecular complexity index is 1910. The molecule has 0 spiro atoms. The van der Waals surface area contributed by atoms with E-state index < -0.39 is 20.0 Å². The lowest BCUT2D eigenvalue weighted by Crippen LogP contribution is -2.47. The van der Waals surface area contributed by atoms with E-state index in [4.69, 9.17) is 13.8 Å². The molecule has 0 radical (unpaired) electrons. The van der Waals surface area contributed by atoms with E-state index in [1.807, 2.05) is 94.1 Å². The normalized spacial score (nSPS) is 14.6. The lowest BCUT2D eigenvalue weighted by atomic mass is 10.0. The molecule has 1 amide bonds. The first-order valence-electron chi connectivity index (χ1n) is 32.7. The Labute approximate surface area is 504 Å². The van der Waals surface area contributed by atoms with Gasteiger partial charge in [0.2, 0.25) is 5.91 Å². The molecule has 0 aromatic carbocycles. The maximum atomic E-state index is 13.5. The number of carbonyl (C=O) groups is 2. The molecule has 82 heavy (non-hydrogen) atoms. The van der Waals surface area contributed by atoms with Crippen LogP contribution in [0.1, 0.15) is 245 Å². The fraction of sp³-hybridized carbons (Fsp3) is 0.639. The minimum atomic E-state index is -4.47. The van der Waals surface area contributed by atoms with Gasteiger partial charge in [0, 0.05) is 12.8 Å². The second-order valence-corrected chi connectivity index (χ2v) is 24.1. The monoisotopic (exact) mass is 1160 g/mol. The van der Waals surface area contributed by atoms with Gasteiger partial charge in [-0.15, -0.1) is 0 Å². The van der Waals surface area contributed by atoms with Crippen LogP contribution in [0.2, 0.25) is 0 Å².